The maximum Gasteiger partial charge on any atom is 1.00 e. The predicted octanol–water partition coefficient (Wildman–Crippen LogP) is 0.966. The van der Waals surface area contributed by atoms with Crippen molar-refractivity contribution in [2.24, 2.45) is 0 Å². The quantitative estimate of drug-likeness (QED) is 0.700. The van der Waals surface area contributed by atoms with Gasteiger partial charge in [-0.15, -0.1) is 0 Å². The van der Waals surface area contributed by atoms with Crippen molar-refractivity contribution in [1.82, 2.24) is 9.97 Å². The van der Waals surface area contributed by atoms with E-state index in [1.54, 1.807) is 18.2 Å². The summed E-state index contributed by atoms with van der Waals surface area (Å²) in [5, 5.41) is 9.53. The number of rotatable bonds is 3. The molecule has 0 amide bonds. The fraction of sp³-hybridized carbons (Fsp3) is 0.0625. The van der Waals surface area contributed by atoms with Crippen LogP contribution in [0.2, 0.25) is 0 Å². The second-order valence-corrected chi connectivity index (χ2v) is 4.84. The first-order valence-corrected chi connectivity index (χ1v) is 6.68. The first-order valence-electron chi connectivity index (χ1n) is 6.68. The zero-order chi connectivity index (χ0) is 17.3. The smallest absolute Gasteiger partial charge is 0.870 e. The van der Waals surface area contributed by atoms with Gasteiger partial charge in [-0.2, -0.15) is 13.2 Å². The van der Waals surface area contributed by atoms with Gasteiger partial charge < -0.3 is 15.3 Å². The molecular weight excluding hydrogens is 348 g/mol. The standard InChI is InChI=1S/C16H9F3N2O3.Li.H2O/c17-16(18,19)10-2-6-14(20-8-10)24-11-3-5-12-9(7-11)1-4-13(21-12)15(22)23;;/h1-8H,(H,22,23);;1H2/q;+1;/p-1. The Morgan fingerprint density at radius 2 is 1.81 bits per heavy atom. The minimum atomic E-state index is -4.46. The number of aromatic nitrogens is 2. The van der Waals surface area contributed by atoms with Gasteiger partial charge in [-0.3, -0.25) is 0 Å². The number of halogens is 3. The van der Waals surface area contributed by atoms with Gasteiger partial charge >= 0.3 is 31.0 Å². The molecule has 0 bridgehead atoms. The SMILES string of the molecule is O=C(O)c1ccc2cc(Oc3ccc(C(F)(F)F)cn3)ccc2n1.[Li+].[OH-]. The molecule has 0 radical (unpaired) electrons. The average molecular weight is 358 g/mol. The zero-order valence-corrected chi connectivity index (χ0v) is 13.4. The van der Waals surface area contributed by atoms with E-state index in [9.17, 15) is 18.0 Å². The molecule has 0 saturated carbocycles. The third kappa shape index (κ3) is 4.73. The first kappa shape index (κ1) is 21.4. The van der Waals surface area contributed by atoms with E-state index >= 15 is 0 Å². The van der Waals surface area contributed by atoms with Gasteiger partial charge in [-0.25, -0.2) is 14.8 Å². The fourth-order valence-corrected chi connectivity index (χ4v) is 2.02. The van der Waals surface area contributed by atoms with Crippen LogP contribution in [-0.2, 0) is 6.18 Å². The van der Waals surface area contributed by atoms with E-state index in [4.69, 9.17) is 9.84 Å². The summed E-state index contributed by atoms with van der Waals surface area (Å²) in [7, 11) is 0. The summed E-state index contributed by atoms with van der Waals surface area (Å²) >= 11 is 0. The van der Waals surface area contributed by atoms with Crippen LogP contribution in [0.25, 0.3) is 10.9 Å². The van der Waals surface area contributed by atoms with Crippen molar-refractivity contribution in [2.75, 3.05) is 0 Å². The third-order valence-corrected chi connectivity index (χ3v) is 3.17. The van der Waals surface area contributed by atoms with Gasteiger partial charge in [0.1, 0.15) is 11.4 Å². The van der Waals surface area contributed by atoms with Crippen molar-refractivity contribution in [1.29, 1.82) is 0 Å². The van der Waals surface area contributed by atoms with Crippen LogP contribution in [0.3, 0.4) is 0 Å². The van der Waals surface area contributed by atoms with E-state index in [1.165, 1.54) is 12.1 Å². The third-order valence-electron chi connectivity index (χ3n) is 3.17. The number of carbonyl (C=O) groups is 1. The molecule has 0 aliphatic rings. The van der Waals surface area contributed by atoms with Gasteiger partial charge in [0.15, 0.2) is 0 Å². The van der Waals surface area contributed by atoms with E-state index in [1.807, 2.05) is 0 Å². The molecule has 3 rings (SSSR count). The number of nitrogens with zero attached hydrogens (tertiary/aromatic N) is 2. The van der Waals surface area contributed by atoms with Gasteiger partial charge in [-0.05, 0) is 30.3 Å². The Labute approximate surface area is 157 Å². The molecule has 0 spiro atoms. The summed E-state index contributed by atoms with van der Waals surface area (Å²) in [4.78, 5) is 18.5. The number of ether oxygens (including phenoxy) is 1. The Morgan fingerprint density at radius 3 is 2.38 bits per heavy atom. The Balaban J connectivity index is 0.00000169. The molecule has 1 aromatic carbocycles. The summed E-state index contributed by atoms with van der Waals surface area (Å²) in [6.45, 7) is 0. The molecule has 0 saturated heterocycles. The summed E-state index contributed by atoms with van der Waals surface area (Å²) in [6.07, 6.45) is -3.76. The largest absolute Gasteiger partial charge is 1.00 e. The number of hydrogen-bond donors (Lipinski definition) is 1. The van der Waals surface area contributed by atoms with Crippen LogP contribution in [0.4, 0.5) is 13.2 Å². The monoisotopic (exact) mass is 358 g/mol. The van der Waals surface area contributed by atoms with Crippen LogP contribution in [0, 0.1) is 0 Å². The molecule has 2 heterocycles. The van der Waals surface area contributed by atoms with Crippen LogP contribution < -0.4 is 23.6 Å². The Kier molecular flexibility index (Phi) is 6.75. The second-order valence-electron chi connectivity index (χ2n) is 4.84. The zero-order valence-electron chi connectivity index (χ0n) is 13.4. The number of alkyl halides is 3. The van der Waals surface area contributed by atoms with Crippen LogP contribution in [-0.4, -0.2) is 26.5 Å². The van der Waals surface area contributed by atoms with Gasteiger partial charge in [0.25, 0.3) is 0 Å². The van der Waals surface area contributed by atoms with Gasteiger partial charge in [-0.1, -0.05) is 6.07 Å². The van der Waals surface area contributed by atoms with E-state index in [2.05, 4.69) is 9.97 Å². The molecule has 130 valence electrons. The molecule has 0 aliphatic carbocycles. The van der Waals surface area contributed by atoms with E-state index in [0.29, 0.717) is 22.8 Å². The molecule has 0 atom stereocenters. The summed E-state index contributed by atoms with van der Waals surface area (Å²) in [6, 6.07) is 9.60. The number of aromatic carboxylic acids is 1. The Bertz CT molecular complexity index is 918. The number of carboxylic acids is 1. The Morgan fingerprint density at radius 1 is 1.08 bits per heavy atom. The van der Waals surface area contributed by atoms with Crippen LogP contribution in [0.1, 0.15) is 16.1 Å². The second kappa shape index (κ2) is 8.18. The van der Waals surface area contributed by atoms with E-state index in [0.717, 1.165) is 12.1 Å². The first-order chi connectivity index (χ1) is 11.3. The fourth-order valence-electron chi connectivity index (χ4n) is 2.02. The van der Waals surface area contributed by atoms with Crippen LogP contribution >= 0.6 is 0 Å². The Hall–Kier alpha value is -2.60. The molecule has 6 nitrogen and oxygen atoms in total. The van der Waals surface area contributed by atoms with Gasteiger partial charge in [0.2, 0.25) is 5.88 Å². The summed E-state index contributed by atoms with van der Waals surface area (Å²) in [5.74, 6) is -0.775. The van der Waals surface area contributed by atoms with Gasteiger partial charge in [0.05, 0.1) is 11.1 Å². The average Bonchev–Trinajstić information content (AvgIpc) is 2.54. The maximum atomic E-state index is 12.5. The molecular formula is C16H10F3LiN2O4. The number of carboxylic acid groups (broad SMARTS) is 1. The minimum Gasteiger partial charge on any atom is -0.870 e. The molecule has 2 aromatic heterocycles. The number of fused-ring (bicyclic) bond motifs is 1. The van der Waals surface area contributed by atoms with Crippen LogP contribution in [0.5, 0.6) is 11.6 Å². The van der Waals surface area contributed by atoms with Crippen molar-refractivity contribution in [3.05, 3.63) is 59.9 Å². The number of pyridine rings is 2. The molecule has 0 fully saturated rings. The van der Waals surface area contributed by atoms with E-state index < -0.39 is 17.7 Å². The summed E-state index contributed by atoms with van der Waals surface area (Å²) in [5.41, 5.74) is -0.484. The topological polar surface area (TPSA) is 102 Å². The maximum absolute atomic E-state index is 12.5. The van der Waals surface area contributed by atoms with Crippen LogP contribution in [0.15, 0.2) is 48.7 Å². The number of hydrogen-bond acceptors (Lipinski definition) is 5. The van der Waals surface area contributed by atoms with Crippen molar-refractivity contribution in [2.45, 2.75) is 6.18 Å². The molecule has 3 aromatic rings. The minimum absolute atomic E-state index is 0. The molecule has 26 heavy (non-hydrogen) atoms. The van der Waals surface area contributed by atoms with Gasteiger partial charge in [0, 0.05) is 17.6 Å². The van der Waals surface area contributed by atoms with Crippen molar-refractivity contribution < 1.29 is 52.1 Å². The van der Waals surface area contributed by atoms with Crippen molar-refractivity contribution >= 4 is 16.9 Å². The number of benzene rings is 1. The molecule has 0 unspecified atom stereocenters. The normalized spacial score (nSPS) is 10.6. The predicted molar refractivity (Wildman–Crippen MR) is 80.0 cm³/mol. The molecule has 10 heteroatoms. The van der Waals surface area contributed by atoms with E-state index in [-0.39, 0.29) is 35.9 Å². The molecule has 2 N–H and O–H groups in total. The molecule has 0 aliphatic heterocycles. The van der Waals surface area contributed by atoms with Crippen molar-refractivity contribution in [3.63, 3.8) is 0 Å². The van der Waals surface area contributed by atoms with Crippen molar-refractivity contribution in [3.8, 4) is 11.6 Å². The summed E-state index contributed by atoms with van der Waals surface area (Å²) < 4.78 is 42.9.